The van der Waals surface area contributed by atoms with Crippen molar-refractivity contribution in [2.75, 3.05) is 7.11 Å². The number of rotatable bonds is 5. The summed E-state index contributed by atoms with van der Waals surface area (Å²) in [5, 5.41) is 0.429. The van der Waals surface area contributed by atoms with E-state index in [1.807, 2.05) is 0 Å². The molecular formula is C13H15ClO3. The van der Waals surface area contributed by atoms with Gasteiger partial charge in [-0.2, -0.15) is 0 Å². The van der Waals surface area contributed by atoms with Gasteiger partial charge in [-0.15, -0.1) is 0 Å². The van der Waals surface area contributed by atoms with E-state index in [9.17, 15) is 9.59 Å². The molecule has 0 saturated carbocycles. The molecule has 0 spiro atoms. The topological polar surface area (TPSA) is 43.4 Å². The number of ether oxygens (including phenoxy) is 1. The number of ketones is 2. The molecular weight excluding hydrogens is 240 g/mol. The molecule has 1 aromatic rings. The maximum absolute atomic E-state index is 11.7. The predicted molar refractivity (Wildman–Crippen MR) is 67.0 cm³/mol. The Morgan fingerprint density at radius 3 is 2.47 bits per heavy atom. The summed E-state index contributed by atoms with van der Waals surface area (Å²) < 4.78 is 5.15. The zero-order valence-electron chi connectivity index (χ0n) is 10.2. The highest BCUT2D eigenvalue weighted by atomic mass is 35.5. The average Bonchev–Trinajstić information content (AvgIpc) is 2.29. The van der Waals surface area contributed by atoms with Gasteiger partial charge < -0.3 is 4.74 Å². The van der Waals surface area contributed by atoms with Gasteiger partial charge in [0, 0.05) is 17.9 Å². The van der Waals surface area contributed by atoms with Crippen LogP contribution >= 0.6 is 11.6 Å². The molecule has 1 rings (SSSR count). The number of carbonyl (C=O) groups is 2. The van der Waals surface area contributed by atoms with E-state index in [0.29, 0.717) is 28.3 Å². The zero-order chi connectivity index (χ0) is 13.0. The van der Waals surface area contributed by atoms with Gasteiger partial charge in [0.2, 0.25) is 0 Å². The van der Waals surface area contributed by atoms with E-state index in [4.69, 9.17) is 16.3 Å². The Labute approximate surface area is 106 Å². The molecule has 3 nitrogen and oxygen atoms in total. The number of carbonyl (C=O) groups excluding carboxylic acids is 2. The largest absolute Gasteiger partial charge is 0.496 e. The lowest BCUT2D eigenvalue weighted by atomic mass is 10.0. The number of benzene rings is 1. The summed E-state index contributed by atoms with van der Waals surface area (Å²) in [6.07, 6.45) is 0.633. The van der Waals surface area contributed by atoms with Crippen molar-refractivity contribution in [3.05, 3.63) is 28.3 Å². The molecule has 0 aliphatic carbocycles. The fraction of sp³-hybridized carbons (Fsp3) is 0.385. The maximum atomic E-state index is 11.7. The van der Waals surface area contributed by atoms with Crippen molar-refractivity contribution >= 4 is 23.2 Å². The minimum Gasteiger partial charge on any atom is -0.496 e. The van der Waals surface area contributed by atoms with Crippen molar-refractivity contribution < 1.29 is 14.3 Å². The van der Waals surface area contributed by atoms with Crippen LogP contribution in [0.4, 0.5) is 0 Å². The number of Topliss-reactive ketones (excluding diaryl/α,β-unsaturated/α-hetero) is 2. The standard InChI is InChI=1S/C13H15ClO3/c1-4-12(16)10-7-11(14)9(5-8(2)15)6-13(10)17-3/h6-7H,4-5H2,1-3H3. The molecule has 0 radical (unpaired) electrons. The first kappa shape index (κ1) is 13.7. The minimum absolute atomic E-state index is 0.0171. The third kappa shape index (κ3) is 3.30. The van der Waals surface area contributed by atoms with Crippen molar-refractivity contribution in [1.82, 2.24) is 0 Å². The normalized spacial score (nSPS) is 10.1. The highest BCUT2D eigenvalue weighted by molar-refractivity contribution is 6.32. The first-order valence-corrected chi connectivity index (χ1v) is 5.76. The van der Waals surface area contributed by atoms with E-state index < -0.39 is 0 Å². The van der Waals surface area contributed by atoms with E-state index in [-0.39, 0.29) is 18.0 Å². The van der Waals surface area contributed by atoms with Crippen LogP contribution < -0.4 is 4.74 Å². The Morgan fingerprint density at radius 2 is 2.00 bits per heavy atom. The highest BCUT2D eigenvalue weighted by Gasteiger charge is 2.15. The van der Waals surface area contributed by atoms with Crippen LogP contribution in [0.2, 0.25) is 5.02 Å². The van der Waals surface area contributed by atoms with E-state index in [1.54, 1.807) is 19.1 Å². The summed E-state index contributed by atoms with van der Waals surface area (Å²) in [4.78, 5) is 22.7. The van der Waals surface area contributed by atoms with Crippen LogP contribution in [0.25, 0.3) is 0 Å². The van der Waals surface area contributed by atoms with Crippen LogP contribution in [0.15, 0.2) is 12.1 Å². The van der Waals surface area contributed by atoms with Crippen LogP contribution in [0.3, 0.4) is 0 Å². The van der Waals surface area contributed by atoms with Crippen LogP contribution in [-0.2, 0) is 11.2 Å². The molecule has 92 valence electrons. The molecule has 0 fully saturated rings. The van der Waals surface area contributed by atoms with Crippen LogP contribution in [-0.4, -0.2) is 18.7 Å². The Balaban J connectivity index is 3.24. The molecule has 0 atom stereocenters. The Morgan fingerprint density at radius 1 is 1.35 bits per heavy atom. The zero-order valence-corrected chi connectivity index (χ0v) is 10.9. The minimum atomic E-state index is -0.0295. The molecule has 1 aromatic carbocycles. The van der Waals surface area contributed by atoms with Gasteiger partial charge in [0.1, 0.15) is 11.5 Å². The molecule has 0 aromatic heterocycles. The molecule has 4 heteroatoms. The van der Waals surface area contributed by atoms with E-state index in [2.05, 4.69) is 0 Å². The number of hydrogen-bond donors (Lipinski definition) is 0. The van der Waals surface area contributed by atoms with Crippen molar-refractivity contribution in [3.63, 3.8) is 0 Å². The molecule has 0 unspecified atom stereocenters. The predicted octanol–water partition coefficient (Wildman–Crippen LogP) is 3.07. The fourth-order valence-corrected chi connectivity index (χ4v) is 1.81. The fourth-order valence-electron chi connectivity index (χ4n) is 1.58. The average molecular weight is 255 g/mol. The summed E-state index contributed by atoms with van der Waals surface area (Å²) >= 11 is 6.04. The second-order valence-electron chi connectivity index (χ2n) is 3.80. The van der Waals surface area contributed by atoms with Gasteiger partial charge in [-0.1, -0.05) is 18.5 Å². The third-order valence-electron chi connectivity index (χ3n) is 2.43. The Kier molecular flexibility index (Phi) is 4.70. The smallest absolute Gasteiger partial charge is 0.166 e. The van der Waals surface area contributed by atoms with E-state index >= 15 is 0 Å². The summed E-state index contributed by atoms with van der Waals surface area (Å²) in [5.41, 5.74) is 1.15. The summed E-state index contributed by atoms with van der Waals surface area (Å²) in [6, 6.07) is 3.23. The van der Waals surface area contributed by atoms with Crippen molar-refractivity contribution in [2.24, 2.45) is 0 Å². The Bertz CT molecular complexity index is 452. The summed E-state index contributed by atoms with van der Waals surface area (Å²) in [5.74, 6) is 0.458. The lowest BCUT2D eigenvalue weighted by Crippen LogP contribution is -2.04. The first-order valence-electron chi connectivity index (χ1n) is 5.38. The molecule has 0 aliphatic rings. The SMILES string of the molecule is CCC(=O)c1cc(Cl)c(CC(C)=O)cc1OC. The maximum Gasteiger partial charge on any atom is 0.166 e. The van der Waals surface area contributed by atoms with Gasteiger partial charge in [-0.05, 0) is 24.6 Å². The molecule has 0 aliphatic heterocycles. The first-order chi connectivity index (χ1) is 7.99. The van der Waals surface area contributed by atoms with Gasteiger partial charge in [0.15, 0.2) is 5.78 Å². The second kappa shape index (κ2) is 5.82. The van der Waals surface area contributed by atoms with Gasteiger partial charge >= 0.3 is 0 Å². The quantitative estimate of drug-likeness (QED) is 0.759. The van der Waals surface area contributed by atoms with Crippen molar-refractivity contribution in [1.29, 1.82) is 0 Å². The second-order valence-corrected chi connectivity index (χ2v) is 4.21. The van der Waals surface area contributed by atoms with Gasteiger partial charge in [-0.25, -0.2) is 0 Å². The number of hydrogen-bond acceptors (Lipinski definition) is 3. The van der Waals surface area contributed by atoms with Crippen LogP contribution in [0, 0.1) is 0 Å². The third-order valence-corrected chi connectivity index (χ3v) is 2.78. The van der Waals surface area contributed by atoms with E-state index in [0.717, 1.165) is 0 Å². The lowest BCUT2D eigenvalue weighted by molar-refractivity contribution is -0.116. The van der Waals surface area contributed by atoms with Crippen molar-refractivity contribution in [2.45, 2.75) is 26.7 Å². The van der Waals surface area contributed by atoms with Gasteiger partial charge in [0.25, 0.3) is 0 Å². The molecule has 0 amide bonds. The molecule has 0 saturated heterocycles. The lowest BCUT2D eigenvalue weighted by Gasteiger charge is -2.10. The van der Waals surface area contributed by atoms with Gasteiger partial charge in [-0.3, -0.25) is 9.59 Å². The molecule has 0 bridgehead atoms. The monoisotopic (exact) mass is 254 g/mol. The van der Waals surface area contributed by atoms with E-state index in [1.165, 1.54) is 14.0 Å². The Hall–Kier alpha value is -1.35. The molecule has 0 N–H and O–H groups in total. The highest BCUT2D eigenvalue weighted by Crippen LogP contribution is 2.28. The molecule has 17 heavy (non-hydrogen) atoms. The van der Waals surface area contributed by atoms with Gasteiger partial charge in [0.05, 0.1) is 12.7 Å². The summed E-state index contributed by atoms with van der Waals surface area (Å²) in [7, 11) is 1.49. The number of methoxy groups -OCH3 is 1. The number of halogens is 1. The van der Waals surface area contributed by atoms with Crippen LogP contribution in [0.5, 0.6) is 5.75 Å². The van der Waals surface area contributed by atoms with Crippen molar-refractivity contribution in [3.8, 4) is 5.75 Å². The summed E-state index contributed by atoms with van der Waals surface area (Å²) in [6.45, 7) is 3.27. The molecule has 0 heterocycles. The van der Waals surface area contributed by atoms with Crippen LogP contribution in [0.1, 0.15) is 36.2 Å².